The molecule has 0 aliphatic carbocycles. The number of carbonyl (C=O) groups excluding carboxylic acids is 1. The molecule has 1 aliphatic heterocycles. The van der Waals surface area contributed by atoms with Gasteiger partial charge in [-0.25, -0.2) is 0 Å². The number of anilines is 1. The molecule has 0 amide bonds. The van der Waals surface area contributed by atoms with Gasteiger partial charge in [0.15, 0.2) is 0 Å². The lowest BCUT2D eigenvalue weighted by Gasteiger charge is -2.38. The molecule has 0 aromatic heterocycles. The number of rotatable bonds is 5. The second kappa shape index (κ2) is 6.27. The number of carbonyl (C=O) groups is 1. The van der Waals surface area contributed by atoms with E-state index in [0.29, 0.717) is 0 Å². The summed E-state index contributed by atoms with van der Waals surface area (Å²) in [7, 11) is 1.69. The highest BCUT2D eigenvalue weighted by Gasteiger charge is 2.24. The lowest BCUT2D eigenvalue weighted by Crippen LogP contribution is -2.49. The summed E-state index contributed by atoms with van der Waals surface area (Å²) in [6.45, 7) is 8.79. The van der Waals surface area contributed by atoms with Crippen LogP contribution in [-0.2, 0) is 4.79 Å². The Balaban J connectivity index is 1.92. The molecule has 1 heterocycles. The third-order valence-electron chi connectivity index (χ3n) is 3.74. The summed E-state index contributed by atoms with van der Waals surface area (Å²) in [6.07, 6.45) is 1.06. The standard InChI is InChI=1S/C16H24N2O2/c1-16(2,13-19)12-17-7-9-18(10-8-17)14-5-4-6-15(11-14)20-3/h4-6,11,13H,7-10,12H2,1-3H3. The first kappa shape index (κ1) is 14.9. The zero-order chi connectivity index (χ0) is 14.6. The summed E-state index contributed by atoms with van der Waals surface area (Å²) >= 11 is 0. The molecule has 0 N–H and O–H groups in total. The average Bonchev–Trinajstić information content (AvgIpc) is 2.48. The van der Waals surface area contributed by atoms with Crippen LogP contribution in [0.4, 0.5) is 5.69 Å². The molecule has 0 radical (unpaired) electrons. The van der Waals surface area contributed by atoms with Crippen molar-refractivity contribution in [3.05, 3.63) is 24.3 Å². The third kappa shape index (κ3) is 3.73. The molecular weight excluding hydrogens is 252 g/mol. The minimum Gasteiger partial charge on any atom is -0.497 e. The Labute approximate surface area is 121 Å². The van der Waals surface area contributed by atoms with Crippen LogP contribution in [0, 0.1) is 5.41 Å². The van der Waals surface area contributed by atoms with Crippen LogP contribution in [0.3, 0.4) is 0 Å². The van der Waals surface area contributed by atoms with Gasteiger partial charge in [-0.05, 0) is 12.1 Å². The van der Waals surface area contributed by atoms with E-state index in [2.05, 4.69) is 21.9 Å². The highest BCUT2D eigenvalue weighted by atomic mass is 16.5. The van der Waals surface area contributed by atoms with Crippen LogP contribution in [0.1, 0.15) is 13.8 Å². The second-order valence-corrected chi connectivity index (χ2v) is 6.07. The van der Waals surface area contributed by atoms with Crippen LogP contribution in [0.5, 0.6) is 5.75 Å². The van der Waals surface area contributed by atoms with Crippen molar-refractivity contribution in [2.75, 3.05) is 44.7 Å². The second-order valence-electron chi connectivity index (χ2n) is 6.07. The van der Waals surface area contributed by atoms with E-state index in [9.17, 15) is 4.79 Å². The fourth-order valence-electron chi connectivity index (χ4n) is 2.58. The first-order valence-electron chi connectivity index (χ1n) is 7.12. The van der Waals surface area contributed by atoms with Crippen molar-refractivity contribution >= 4 is 12.0 Å². The summed E-state index contributed by atoms with van der Waals surface area (Å²) in [4.78, 5) is 15.7. The van der Waals surface area contributed by atoms with Crippen molar-refractivity contribution in [2.24, 2.45) is 5.41 Å². The molecule has 0 spiro atoms. The molecular formula is C16H24N2O2. The van der Waals surface area contributed by atoms with E-state index in [-0.39, 0.29) is 5.41 Å². The van der Waals surface area contributed by atoms with Gasteiger partial charge in [0.05, 0.1) is 7.11 Å². The molecule has 1 saturated heterocycles. The molecule has 1 aliphatic rings. The van der Waals surface area contributed by atoms with Gasteiger partial charge in [-0.3, -0.25) is 4.90 Å². The molecule has 0 bridgehead atoms. The number of nitrogens with zero attached hydrogens (tertiary/aromatic N) is 2. The van der Waals surface area contributed by atoms with Gasteiger partial charge in [0.25, 0.3) is 0 Å². The number of benzene rings is 1. The number of piperazine rings is 1. The van der Waals surface area contributed by atoms with Crippen LogP contribution in [-0.4, -0.2) is 51.0 Å². The Bertz CT molecular complexity index is 452. The molecule has 2 rings (SSSR count). The van der Waals surface area contributed by atoms with Crippen molar-refractivity contribution in [2.45, 2.75) is 13.8 Å². The summed E-state index contributed by atoms with van der Waals surface area (Å²) in [6, 6.07) is 8.18. The Morgan fingerprint density at radius 1 is 1.25 bits per heavy atom. The Morgan fingerprint density at radius 2 is 1.95 bits per heavy atom. The van der Waals surface area contributed by atoms with Crippen molar-refractivity contribution in [3.63, 3.8) is 0 Å². The van der Waals surface area contributed by atoms with E-state index in [1.807, 2.05) is 26.0 Å². The van der Waals surface area contributed by atoms with Crippen LogP contribution >= 0.6 is 0 Å². The fraction of sp³-hybridized carbons (Fsp3) is 0.562. The van der Waals surface area contributed by atoms with Gasteiger partial charge in [0, 0.05) is 49.9 Å². The summed E-state index contributed by atoms with van der Waals surface area (Å²) in [5, 5.41) is 0. The summed E-state index contributed by atoms with van der Waals surface area (Å²) in [5.41, 5.74) is 0.955. The van der Waals surface area contributed by atoms with Gasteiger partial charge in [-0.1, -0.05) is 19.9 Å². The molecule has 0 atom stereocenters. The lowest BCUT2D eigenvalue weighted by atomic mass is 9.95. The predicted molar refractivity (Wildman–Crippen MR) is 81.5 cm³/mol. The molecule has 4 nitrogen and oxygen atoms in total. The van der Waals surface area contributed by atoms with E-state index in [4.69, 9.17) is 4.74 Å². The van der Waals surface area contributed by atoms with E-state index < -0.39 is 0 Å². The molecule has 20 heavy (non-hydrogen) atoms. The number of methoxy groups -OCH3 is 1. The highest BCUT2D eigenvalue weighted by Crippen LogP contribution is 2.23. The maximum absolute atomic E-state index is 11.0. The molecule has 1 fully saturated rings. The van der Waals surface area contributed by atoms with Crippen molar-refractivity contribution in [3.8, 4) is 5.75 Å². The van der Waals surface area contributed by atoms with E-state index in [1.54, 1.807) is 7.11 Å². The normalized spacial score (nSPS) is 17.1. The first-order chi connectivity index (χ1) is 9.54. The summed E-state index contributed by atoms with van der Waals surface area (Å²) in [5.74, 6) is 0.895. The lowest BCUT2D eigenvalue weighted by molar-refractivity contribution is -0.115. The Hall–Kier alpha value is -1.55. The van der Waals surface area contributed by atoms with Gasteiger partial charge in [0.1, 0.15) is 12.0 Å². The van der Waals surface area contributed by atoms with E-state index in [1.165, 1.54) is 5.69 Å². The van der Waals surface area contributed by atoms with Gasteiger partial charge in [0.2, 0.25) is 0 Å². The van der Waals surface area contributed by atoms with Gasteiger partial charge in [-0.15, -0.1) is 0 Å². The number of ether oxygens (including phenoxy) is 1. The molecule has 1 aromatic carbocycles. The zero-order valence-electron chi connectivity index (χ0n) is 12.6. The van der Waals surface area contributed by atoms with Crippen LogP contribution in [0.2, 0.25) is 0 Å². The average molecular weight is 276 g/mol. The molecule has 110 valence electrons. The first-order valence-corrected chi connectivity index (χ1v) is 7.12. The Morgan fingerprint density at radius 3 is 2.55 bits per heavy atom. The van der Waals surface area contributed by atoms with Gasteiger partial charge in [-0.2, -0.15) is 0 Å². The van der Waals surface area contributed by atoms with Crippen molar-refractivity contribution in [1.82, 2.24) is 4.90 Å². The Kier molecular flexibility index (Phi) is 4.65. The number of hydrogen-bond acceptors (Lipinski definition) is 4. The van der Waals surface area contributed by atoms with Crippen LogP contribution in [0.15, 0.2) is 24.3 Å². The largest absolute Gasteiger partial charge is 0.497 e. The molecule has 1 aromatic rings. The SMILES string of the molecule is COc1cccc(N2CCN(CC(C)(C)C=O)CC2)c1. The van der Waals surface area contributed by atoms with E-state index >= 15 is 0 Å². The zero-order valence-corrected chi connectivity index (χ0v) is 12.6. The quantitative estimate of drug-likeness (QED) is 0.771. The van der Waals surface area contributed by atoms with E-state index in [0.717, 1.165) is 44.8 Å². The smallest absolute Gasteiger partial charge is 0.126 e. The van der Waals surface area contributed by atoms with Crippen molar-refractivity contribution in [1.29, 1.82) is 0 Å². The monoisotopic (exact) mass is 276 g/mol. The minimum atomic E-state index is -0.252. The van der Waals surface area contributed by atoms with Gasteiger partial charge < -0.3 is 14.4 Å². The summed E-state index contributed by atoms with van der Waals surface area (Å²) < 4.78 is 5.27. The van der Waals surface area contributed by atoms with Crippen LogP contribution in [0.25, 0.3) is 0 Å². The molecule has 4 heteroatoms. The van der Waals surface area contributed by atoms with Crippen molar-refractivity contribution < 1.29 is 9.53 Å². The fourth-order valence-corrected chi connectivity index (χ4v) is 2.58. The predicted octanol–water partition coefficient (Wildman–Crippen LogP) is 2.04. The number of aldehydes is 1. The maximum atomic E-state index is 11.0. The highest BCUT2D eigenvalue weighted by molar-refractivity contribution is 5.58. The third-order valence-corrected chi connectivity index (χ3v) is 3.74. The van der Waals surface area contributed by atoms with Gasteiger partial charge >= 0.3 is 0 Å². The maximum Gasteiger partial charge on any atom is 0.126 e. The van der Waals surface area contributed by atoms with Crippen LogP contribution < -0.4 is 9.64 Å². The number of hydrogen-bond donors (Lipinski definition) is 0. The molecule has 0 saturated carbocycles. The minimum absolute atomic E-state index is 0.252. The topological polar surface area (TPSA) is 32.8 Å². The molecule has 0 unspecified atom stereocenters.